The van der Waals surface area contributed by atoms with Gasteiger partial charge in [-0.3, -0.25) is 14.4 Å². The molecule has 2 N–H and O–H groups in total. The first-order valence-corrected chi connectivity index (χ1v) is 14.3. The van der Waals surface area contributed by atoms with Crippen LogP contribution in [0.4, 0.5) is 0 Å². The van der Waals surface area contributed by atoms with Crippen LogP contribution in [0.3, 0.4) is 0 Å². The van der Waals surface area contributed by atoms with E-state index in [4.69, 9.17) is 11.6 Å². The van der Waals surface area contributed by atoms with Crippen molar-refractivity contribution >= 4 is 56.8 Å². The third kappa shape index (κ3) is 6.59. The highest BCUT2D eigenvalue weighted by Gasteiger charge is 2.36. The monoisotopic (exact) mass is 528 g/mol. The number of halogens is 1. The largest absolute Gasteiger partial charge is 0.354 e. The Balaban J connectivity index is 1.30. The van der Waals surface area contributed by atoms with E-state index < -0.39 is 22.0 Å². The molecule has 3 amide bonds. The van der Waals surface area contributed by atoms with Crippen molar-refractivity contribution in [1.82, 2.24) is 19.8 Å². The number of amides is 3. The van der Waals surface area contributed by atoms with Gasteiger partial charge in [-0.1, -0.05) is 11.6 Å². The molecule has 3 fully saturated rings. The lowest BCUT2D eigenvalue weighted by molar-refractivity contribution is -0.143. The molecule has 12 heteroatoms. The summed E-state index contributed by atoms with van der Waals surface area (Å²) in [4.78, 5) is 41.7. The Bertz CT molecular complexity index is 1070. The molecule has 2 atom stereocenters. The number of piperidine rings is 1. The predicted octanol–water partition coefficient (Wildman–Crippen LogP) is 1.80. The lowest BCUT2D eigenvalue weighted by Crippen LogP contribution is -2.55. The van der Waals surface area contributed by atoms with E-state index in [2.05, 4.69) is 10.0 Å². The van der Waals surface area contributed by atoms with Gasteiger partial charge in [-0.2, -0.15) is 4.72 Å². The molecule has 1 aromatic rings. The van der Waals surface area contributed by atoms with Crippen LogP contribution in [-0.4, -0.2) is 74.2 Å². The van der Waals surface area contributed by atoms with Crippen molar-refractivity contribution in [3.8, 4) is 0 Å². The number of sulfonamides is 1. The van der Waals surface area contributed by atoms with Gasteiger partial charge < -0.3 is 15.1 Å². The minimum atomic E-state index is -3.85. The number of carbonyl (C=O) groups excluding carboxylic acids is 3. The van der Waals surface area contributed by atoms with E-state index in [9.17, 15) is 22.8 Å². The summed E-state index contributed by atoms with van der Waals surface area (Å²) < 4.78 is 28.0. The van der Waals surface area contributed by atoms with Crippen molar-refractivity contribution in [1.29, 1.82) is 0 Å². The topological polar surface area (TPSA) is 116 Å². The van der Waals surface area contributed by atoms with E-state index >= 15 is 0 Å². The van der Waals surface area contributed by atoms with E-state index in [1.165, 1.54) is 22.3 Å². The second kappa shape index (κ2) is 10.8. The minimum Gasteiger partial charge on any atom is -0.354 e. The summed E-state index contributed by atoms with van der Waals surface area (Å²) in [6, 6.07) is 2.41. The fourth-order valence-corrected chi connectivity index (χ4v) is 6.43. The molecule has 9 nitrogen and oxygen atoms in total. The summed E-state index contributed by atoms with van der Waals surface area (Å²) in [6.07, 6.45) is 5.93. The van der Waals surface area contributed by atoms with Crippen LogP contribution in [0.5, 0.6) is 0 Å². The molecular weight excluding hydrogens is 500 g/mol. The van der Waals surface area contributed by atoms with Gasteiger partial charge in [-0.15, -0.1) is 11.3 Å². The lowest BCUT2D eigenvalue weighted by atomic mass is 10.1. The van der Waals surface area contributed by atoms with Gasteiger partial charge in [0.1, 0.15) is 6.04 Å². The van der Waals surface area contributed by atoms with Crippen LogP contribution >= 0.6 is 22.9 Å². The molecule has 2 unspecified atom stereocenters. The van der Waals surface area contributed by atoms with E-state index in [0.29, 0.717) is 41.7 Å². The first-order chi connectivity index (χ1) is 16.2. The molecule has 1 aromatic heterocycles. The van der Waals surface area contributed by atoms with Crippen LogP contribution in [-0.2, 0) is 24.4 Å². The summed E-state index contributed by atoms with van der Waals surface area (Å²) in [7, 11) is -3.85. The first kappa shape index (κ1) is 25.2. The molecule has 0 aromatic carbocycles. The van der Waals surface area contributed by atoms with Crippen molar-refractivity contribution in [2.45, 2.75) is 50.6 Å². The summed E-state index contributed by atoms with van der Waals surface area (Å²) >= 11 is 7.11. The number of nitrogens with zero attached hydrogens (tertiary/aromatic N) is 2. The fraction of sp³-hybridized carbons (Fsp3) is 0.591. The zero-order chi connectivity index (χ0) is 24.3. The fourth-order valence-electron chi connectivity index (χ4n) is 4.36. The molecule has 0 bridgehead atoms. The van der Waals surface area contributed by atoms with Gasteiger partial charge in [0.2, 0.25) is 27.7 Å². The minimum absolute atomic E-state index is 0.0526. The van der Waals surface area contributed by atoms with Gasteiger partial charge in [0.05, 0.1) is 10.9 Å². The molecule has 2 saturated heterocycles. The highest BCUT2D eigenvalue weighted by Crippen LogP contribution is 2.29. The Hall–Kier alpha value is -1.95. The molecule has 186 valence electrons. The van der Waals surface area contributed by atoms with Crippen LogP contribution in [0.2, 0.25) is 4.34 Å². The van der Waals surface area contributed by atoms with E-state index in [1.807, 2.05) is 0 Å². The van der Waals surface area contributed by atoms with Crippen molar-refractivity contribution in [2.24, 2.45) is 5.92 Å². The third-order valence-corrected chi connectivity index (χ3v) is 8.63. The maximum absolute atomic E-state index is 13.0. The van der Waals surface area contributed by atoms with Gasteiger partial charge in [-0.25, -0.2) is 8.42 Å². The molecule has 2 aliphatic heterocycles. The summed E-state index contributed by atoms with van der Waals surface area (Å²) in [5.41, 5.74) is 0. The molecule has 1 saturated carbocycles. The molecule has 3 heterocycles. The van der Waals surface area contributed by atoms with E-state index in [0.717, 1.165) is 31.1 Å². The van der Waals surface area contributed by atoms with Crippen molar-refractivity contribution in [3.63, 3.8) is 0 Å². The van der Waals surface area contributed by atoms with Crippen molar-refractivity contribution in [3.05, 3.63) is 26.8 Å². The second-order valence-corrected chi connectivity index (χ2v) is 12.3. The van der Waals surface area contributed by atoms with Crippen LogP contribution < -0.4 is 10.0 Å². The molecule has 0 radical (unpaired) electrons. The maximum atomic E-state index is 13.0. The zero-order valence-electron chi connectivity index (χ0n) is 18.7. The number of thiophene rings is 1. The highest BCUT2D eigenvalue weighted by molar-refractivity contribution is 7.92. The molecule has 3 aliphatic rings. The Morgan fingerprint density at radius 3 is 2.62 bits per heavy atom. The molecule has 34 heavy (non-hydrogen) atoms. The molecule has 4 rings (SSSR count). The van der Waals surface area contributed by atoms with Crippen LogP contribution in [0, 0.1) is 5.92 Å². The van der Waals surface area contributed by atoms with Gasteiger partial charge >= 0.3 is 0 Å². The maximum Gasteiger partial charge on any atom is 0.242 e. The van der Waals surface area contributed by atoms with E-state index in [1.54, 1.807) is 17.0 Å². The molecule has 1 aliphatic carbocycles. The average molecular weight is 529 g/mol. The normalized spacial score (nSPS) is 23.6. The Labute approximate surface area is 208 Å². The second-order valence-electron chi connectivity index (χ2n) is 8.96. The summed E-state index contributed by atoms with van der Waals surface area (Å²) in [6.45, 7) is 1.34. The predicted molar refractivity (Wildman–Crippen MR) is 130 cm³/mol. The van der Waals surface area contributed by atoms with E-state index in [-0.39, 0.29) is 30.3 Å². The number of hydrogen-bond acceptors (Lipinski definition) is 6. The SMILES string of the molecule is O=C(NCC1CCCN1C(=O)CN1CCCC(NS(=O)(=O)/C=C/c2ccc(Cl)s2)C1=O)C1CC1. The number of nitrogens with one attached hydrogen (secondary N) is 2. The molecule has 0 spiro atoms. The summed E-state index contributed by atoms with van der Waals surface area (Å²) in [5.74, 6) is -0.393. The van der Waals surface area contributed by atoms with Gasteiger partial charge in [0, 0.05) is 41.9 Å². The average Bonchev–Trinajstić information content (AvgIpc) is 3.39. The standard InChI is InChI=1S/C22H29ClN4O5S2/c23-19-8-7-17(33-19)9-12-34(31,32)25-18-4-2-10-26(22(18)30)14-20(28)27-11-1-3-16(27)13-24-21(29)15-5-6-15/h7-9,12,15-16,18,25H,1-6,10-11,13-14H2,(H,24,29)/b12-9+. The Kier molecular flexibility index (Phi) is 7.96. The van der Waals surface area contributed by atoms with Crippen LogP contribution in [0.25, 0.3) is 6.08 Å². The first-order valence-electron chi connectivity index (χ1n) is 11.5. The zero-order valence-corrected chi connectivity index (χ0v) is 21.1. The van der Waals surface area contributed by atoms with Crippen LogP contribution in [0.15, 0.2) is 17.5 Å². The van der Waals surface area contributed by atoms with Crippen molar-refractivity contribution in [2.75, 3.05) is 26.2 Å². The highest BCUT2D eigenvalue weighted by atomic mass is 35.5. The number of likely N-dealkylation sites (tertiary alicyclic amines) is 2. The Morgan fingerprint density at radius 2 is 1.91 bits per heavy atom. The van der Waals surface area contributed by atoms with Crippen LogP contribution in [0.1, 0.15) is 43.4 Å². The lowest BCUT2D eigenvalue weighted by Gasteiger charge is -2.34. The van der Waals surface area contributed by atoms with Gasteiger partial charge in [0.25, 0.3) is 0 Å². The third-order valence-electron chi connectivity index (χ3n) is 6.33. The Morgan fingerprint density at radius 1 is 1.15 bits per heavy atom. The quantitative estimate of drug-likeness (QED) is 0.507. The number of rotatable bonds is 9. The number of hydrogen-bond donors (Lipinski definition) is 2. The summed E-state index contributed by atoms with van der Waals surface area (Å²) in [5, 5.41) is 3.96. The van der Waals surface area contributed by atoms with Gasteiger partial charge in [-0.05, 0) is 56.7 Å². The molecular formula is C22H29ClN4O5S2. The van der Waals surface area contributed by atoms with Crippen molar-refractivity contribution < 1.29 is 22.8 Å². The number of carbonyl (C=O) groups is 3. The smallest absolute Gasteiger partial charge is 0.242 e. The van der Waals surface area contributed by atoms with Gasteiger partial charge in [0.15, 0.2) is 0 Å².